The molecule has 104 valence electrons. The normalized spacial score (nSPS) is 13.7. The Balaban J connectivity index is 1.70. The van der Waals surface area contributed by atoms with Crippen molar-refractivity contribution in [2.45, 2.75) is 13.0 Å². The number of nitrogens with one attached hydrogen (secondary N) is 1. The molecule has 1 heterocycles. The fourth-order valence-corrected chi connectivity index (χ4v) is 2.12. The molecule has 0 atom stereocenters. The Bertz CT molecular complexity index is 601. The second-order valence-corrected chi connectivity index (χ2v) is 4.70. The van der Waals surface area contributed by atoms with Crippen LogP contribution in [0.4, 0.5) is 10.1 Å². The average molecular weight is 273 g/mol. The van der Waals surface area contributed by atoms with Gasteiger partial charge in [-0.2, -0.15) is 0 Å². The van der Waals surface area contributed by atoms with Gasteiger partial charge < -0.3 is 14.8 Å². The monoisotopic (exact) mass is 273 g/mol. The van der Waals surface area contributed by atoms with E-state index in [4.69, 9.17) is 9.47 Å². The van der Waals surface area contributed by atoms with E-state index in [1.807, 2.05) is 24.3 Å². The Morgan fingerprint density at radius 3 is 2.70 bits per heavy atom. The summed E-state index contributed by atoms with van der Waals surface area (Å²) < 4.78 is 24.3. The van der Waals surface area contributed by atoms with Gasteiger partial charge in [-0.25, -0.2) is 4.39 Å². The zero-order valence-corrected chi connectivity index (χ0v) is 11.1. The SMILES string of the molecule is Fc1cccc(NCc2ccc3c(c2)OCCCO3)c1. The number of hydrogen-bond donors (Lipinski definition) is 1. The van der Waals surface area contributed by atoms with E-state index < -0.39 is 0 Å². The topological polar surface area (TPSA) is 30.5 Å². The van der Waals surface area contributed by atoms with Gasteiger partial charge in [0.25, 0.3) is 0 Å². The van der Waals surface area contributed by atoms with Crippen molar-refractivity contribution < 1.29 is 13.9 Å². The summed E-state index contributed by atoms with van der Waals surface area (Å²) in [6, 6.07) is 12.3. The fourth-order valence-electron chi connectivity index (χ4n) is 2.12. The number of halogens is 1. The van der Waals surface area contributed by atoms with Crippen LogP contribution in [0.15, 0.2) is 42.5 Å². The van der Waals surface area contributed by atoms with Gasteiger partial charge in [-0.05, 0) is 35.9 Å². The third-order valence-corrected chi connectivity index (χ3v) is 3.13. The second kappa shape index (κ2) is 5.82. The predicted molar refractivity (Wildman–Crippen MR) is 75.8 cm³/mol. The van der Waals surface area contributed by atoms with Crippen molar-refractivity contribution in [2.24, 2.45) is 0 Å². The Labute approximate surface area is 117 Å². The number of rotatable bonds is 3. The van der Waals surface area contributed by atoms with E-state index in [0.29, 0.717) is 19.8 Å². The highest BCUT2D eigenvalue weighted by Crippen LogP contribution is 2.30. The molecule has 1 aliphatic rings. The van der Waals surface area contributed by atoms with Crippen molar-refractivity contribution in [1.82, 2.24) is 0 Å². The van der Waals surface area contributed by atoms with E-state index in [0.717, 1.165) is 29.2 Å². The van der Waals surface area contributed by atoms with Crippen LogP contribution < -0.4 is 14.8 Å². The molecule has 1 N–H and O–H groups in total. The minimum atomic E-state index is -0.242. The summed E-state index contributed by atoms with van der Waals surface area (Å²) in [6.07, 6.45) is 0.894. The molecule has 1 aliphatic heterocycles. The molecule has 0 unspecified atom stereocenters. The van der Waals surface area contributed by atoms with Gasteiger partial charge in [-0.1, -0.05) is 12.1 Å². The molecule has 0 radical (unpaired) electrons. The minimum absolute atomic E-state index is 0.242. The highest BCUT2D eigenvalue weighted by Gasteiger charge is 2.10. The number of benzene rings is 2. The van der Waals surface area contributed by atoms with Gasteiger partial charge in [0.1, 0.15) is 5.82 Å². The van der Waals surface area contributed by atoms with Crippen molar-refractivity contribution in [1.29, 1.82) is 0 Å². The summed E-state index contributed by atoms with van der Waals surface area (Å²) in [5, 5.41) is 3.19. The van der Waals surface area contributed by atoms with Crippen LogP contribution in [0, 0.1) is 5.82 Å². The van der Waals surface area contributed by atoms with Crippen LogP contribution in [-0.4, -0.2) is 13.2 Å². The average Bonchev–Trinajstić information content (AvgIpc) is 2.70. The highest BCUT2D eigenvalue weighted by molar-refractivity contribution is 5.47. The van der Waals surface area contributed by atoms with Gasteiger partial charge in [0.05, 0.1) is 13.2 Å². The summed E-state index contributed by atoms with van der Waals surface area (Å²) in [7, 11) is 0. The molecule has 2 aromatic rings. The zero-order valence-electron chi connectivity index (χ0n) is 11.1. The molecule has 0 saturated heterocycles. The summed E-state index contributed by atoms with van der Waals surface area (Å²) in [6.45, 7) is 1.97. The van der Waals surface area contributed by atoms with Crippen molar-refractivity contribution >= 4 is 5.69 Å². The molecule has 3 rings (SSSR count). The van der Waals surface area contributed by atoms with E-state index in [9.17, 15) is 4.39 Å². The lowest BCUT2D eigenvalue weighted by Crippen LogP contribution is -2.00. The molecule has 0 aromatic heterocycles. The molecule has 2 aromatic carbocycles. The van der Waals surface area contributed by atoms with Crippen LogP contribution in [0.25, 0.3) is 0 Å². The number of fused-ring (bicyclic) bond motifs is 1. The first-order chi connectivity index (χ1) is 9.81. The molecule has 20 heavy (non-hydrogen) atoms. The van der Waals surface area contributed by atoms with Crippen LogP contribution in [0.2, 0.25) is 0 Å². The first-order valence-corrected chi connectivity index (χ1v) is 6.69. The first-order valence-electron chi connectivity index (χ1n) is 6.69. The third kappa shape index (κ3) is 3.02. The molecule has 4 heteroatoms. The van der Waals surface area contributed by atoms with Crippen molar-refractivity contribution in [3.8, 4) is 11.5 Å². The molecule has 0 spiro atoms. The van der Waals surface area contributed by atoms with Gasteiger partial charge >= 0.3 is 0 Å². The zero-order chi connectivity index (χ0) is 13.8. The molecule has 0 bridgehead atoms. The maximum atomic E-state index is 13.1. The van der Waals surface area contributed by atoms with Crippen molar-refractivity contribution in [2.75, 3.05) is 18.5 Å². The molecule has 3 nitrogen and oxygen atoms in total. The van der Waals surface area contributed by atoms with Gasteiger partial charge in [0.15, 0.2) is 11.5 Å². The molecule has 0 fully saturated rings. The maximum Gasteiger partial charge on any atom is 0.161 e. The number of anilines is 1. The maximum absolute atomic E-state index is 13.1. The van der Waals surface area contributed by atoms with Crippen molar-refractivity contribution in [3.05, 3.63) is 53.8 Å². The van der Waals surface area contributed by atoms with E-state index in [1.165, 1.54) is 12.1 Å². The Morgan fingerprint density at radius 2 is 1.85 bits per heavy atom. The molecular weight excluding hydrogens is 257 g/mol. The van der Waals surface area contributed by atoms with E-state index in [2.05, 4.69) is 5.32 Å². The van der Waals surface area contributed by atoms with Gasteiger partial charge in [-0.3, -0.25) is 0 Å². The Kier molecular flexibility index (Phi) is 3.72. The number of hydrogen-bond acceptors (Lipinski definition) is 3. The van der Waals surface area contributed by atoms with E-state index in [-0.39, 0.29) is 5.82 Å². The molecule has 0 saturated carbocycles. The smallest absolute Gasteiger partial charge is 0.161 e. The van der Waals surface area contributed by atoms with Crippen LogP contribution >= 0.6 is 0 Å². The Hall–Kier alpha value is -2.23. The quantitative estimate of drug-likeness (QED) is 0.927. The van der Waals surface area contributed by atoms with Crippen LogP contribution in [0.5, 0.6) is 11.5 Å². The van der Waals surface area contributed by atoms with Gasteiger partial charge in [-0.15, -0.1) is 0 Å². The lowest BCUT2D eigenvalue weighted by molar-refractivity contribution is 0.297. The standard InChI is InChI=1S/C16H16FNO2/c17-13-3-1-4-14(10-13)18-11-12-5-6-15-16(9-12)20-8-2-7-19-15/h1,3-6,9-10,18H,2,7-8,11H2. The third-order valence-electron chi connectivity index (χ3n) is 3.13. The van der Waals surface area contributed by atoms with Crippen molar-refractivity contribution in [3.63, 3.8) is 0 Å². The van der Waals surface area contributed by atoms with Crippen LogP contribution in [0.3, 0.4) is 0 Å². The molecule has 0 amide bonds. The van der Waals surface area contributed by atoms with Crippen LogP contribution in [0.1, 0.15) is 12.0 Å². The Morgan fingerprint density at radius 1 is 1.00 bits per heavy atom. The van der Waals surface area contributed by atoms with E-state index >= 15 is 0 Å². The number of ether oxygens (including phenoxy) is 2. The lowest BCUT2D eigenvalue weighted by atomic mass is 10.2. The summed E-state index contributed by atoms with van der Waals surface area (Å²) >= 11 is 0. The fraction of sp³-hybridized carbons (Fsp3) is 0.250. The summed E-state index contributed by atoms with van der Waals surface area (Å²) in [5.41, 5.74) is 1.83. The lowest BCUT2D eigenvalue weighted by Gasteiger charge is -2.11. The molecular formula is C16H16FNO2. The second-order valence-electron chi connectivity index (χ2n) is 4.70. The summed E-state index contributed by atoms with van der Waals surface area (Å²) in [5.74, 6) is 1.33. The molecule has 0 aliphatic carbocycles. The predicted octanol–water partition coefficient (Wildman–Crippen LogP) is 3.60. The van der Waals surface area contributed by atoms with Crippen LogP contribution in [-0.2, 0) is 6.54 Å². The van der Waals surface area contributed by atoms with Gasteiger partial charge in [0.2, 0.25) is 0 Å². The first kappa shape index (κ1) is 12.8. The summed E-state index contributed by atoms with van der Waals surface area (Å²) in [4.78, 5) is 0. The van der Waals surface area contributed by atoms with E-state index in [1.54, 1.807) is 6.07 Å². The largest absolute Gasteiger partial charge is 0.490 e. The minimum Gasteiger partial charge on any atom is -0.490 e. The van der Waals surface area contributed by atoms with Gasteiger partial charge in [0, 0.05) is 18.7 Å². The highest BCUT2D eigenvalue weighted by atomic mass is 19.1.